The molecular formula is C25H31F3N2O5. The summed E-state index contributed by atoms with van der Waals surface area (Å²) in [5.41, 5.74) is 0.745. The number of benzene rings is 1. The minimum atomic E-state index is -4.69. The second-order valence-corrected chi connectivity index (χ2v) is 9.51. The molecule has 0 spiro atoms. The van der Waals surface area contributed by atoms with Crippen LogP contribution in [-0.4, -0.2) is 71.0 Å². The number of alkyl halides is 3. The lowest BCUT2D eigenvalue weighted by Crippen LogP contribution is -2.57. The maximum absolute atomic E-state index is 13.6. The Morgan fingerprint density at radius 3 is 2.57 bits per heavy atom. The van der Waals surface area contributed by atoms with Crippen molar-refractivity contribution in [1.82, 2.24) is 10.2 Å². The summed E-state index contributed by atoms with van der Waals surface area (Å²) in [4.78, 5) is 26.7. The summed E-state index contributed by atoms with van der Waals surface area (Å²) in [5, 5.41) is 22.8. The van der Waals surface area contributed by atoms with E-state index in [0.29, 0.717) is 28.6 Å². The molecule has 1 saturated carbocycles. The zero-order valence-electron chi connectivity index (χ0n) is 19.3. The van der Waals surface area contributed by atoms with E-state index < -0.39 is 48.7 Å². The smallest absolute Gasteiger partial charge is 0.406 e. The zero-order chi connectivity index (χ0) is 25.2. The average molecular weight is 497 g/mol. The number of amides is 2. The van der Waals surface area contributed by atoms with Crippen molar-refractivity contribution in [1.29, 1.82) is 0 Å². The SMILES string of the molecule is O=C(NCCO)C1=C[C@@H](N(CC(F)(F)F)C(=O)CCC2CCCC2)[C@H](O)[C@H]2Oc3ccccc3[C@@H]12. The first-order valence-corrected chi connectivity index (χ1v) is 12.1. The van der Waals surface area contributed by atoms with E-state index in [0.717, 1.165) is 25.7 Å². The molecule has 4 atom stereocenters. The standard InChI is InChI=1S/C25H31F3N2O5/c26-25(27,28)14-30(20(32)10-9-15-5-1-2-6-15)18-13-17(24(34)29-11-12-31)21-16-7-3-4-8-19(16)35-23(21)22(18)33/h3-4,7-8,13,15,18,21-23,31,33H,1-2,5-6,9-12,14H2,(H,29,34)/t18-,21+,22+,23+/m1/s1. The number of rotatable bonds is 8. The van der Waals surface area contributed by atoms with Gasteiger partial charge in [0.1, 0.15) is 24.5 Å². The van der Waals surface area contributed by atoms with Crippen molar-refractivity contribution in [3.63, 3.8) is 0 Å². The van der Waals surface area contributed by atoms with E-state index >= 15 is 0 Å². The molecule has 2 amide bonds. The monoisotopic (exact) mass is 496 g/mol. The molecule has 0 aromatic heterocycles. The summed E-state index contributed by atoms with van der Waals surface area (Å²) in [7, 11) is 0. The fourth-order valence-electron chi connectivity index (χ4n) is 5.51. The van der Waals surface area contributed by atoms with Crippen LogP contribution in [0.25, 0.3) is 0 Å². The Kier molecular flexibility index (Phi) is 7.70. The van der Waals surface area contributed by atoms with Crippen LogP contribution in [0.1, 0.15) is 50.0 Å². The number of carbonyl (C=O) groups excluding carboxylic acids is 2. The number of nitrogens with one attached hydrogen (secondary N) is 1. The maximum Gasteiger partial charge on any atom is 0.406 e. The van der Waals surface area contributed by atoms with E-state index in [-0.39, 0.29) is 25.1 Å². The van der Waals surface area contributed by atoms with Crippen molar-refractivity contribution >= 4 is 11.8 Å². The van der Waals surface area contributed by atoms with Gasteiger partial charge in [-0.15, -0.1) is 0 Å². The lowest BCUT2D eigenvalue weighted by atomic mass is 9.77. The molecule has 10 heteroatoms. The Morgan fingerprint density at radius 2 is 1.89 bits per heavy atom. The first-order valence-electron chi connectivity index (χ1n) is 12.1. The fraction of sp³-hybridized carbons (Fsp3) is 0.600. The average Bonchev–Trinajstić information content (AvgIpc) is 3.48. The second-order valence-electron chi connectivity index (χ2n) is 9.51. The molecule has 1 fully saturated rings. The molecule has 3 N–H and O–H groups in total. The molecule has 1 aromatic carbocycles. The number of hydrogen-bond donors (Lipinski definition) is 3. The summed E-state index contributed by atoms with van der Waals surface area (Å²) >= 11 is 0. The molecule has 0 radical (unpaired) electrons. The van der Waals surface area contributed by atoms with Gasteiger partial charge in [0.25, 0.3) is 0 Å². The molecule has 2 aliphatic carbocycles. The molecule has 35 heavy (non-hydrogen) atoms. The number of aliphatic hydroxyl groups excluding tert-OH is 2. The third-order valence-electron chi connectivity index (χ3n) is 7.15. The summed E-state index contributed by atoms with van der Waals surface area (Å²) in [6, 6.07) is 5.48. The van der Waals surface area contributed by atoms with Crippen molar-refractivity contribution in [2.45, 2.75) is 68.9 Å². The van der Waals surface area contributed by atoms with Crippen LogP contribution < -0.4 is 10.1 Å². The van der Waals surface area contributed by atoms with Gasteiger partial charge in [0.15, 0.2) is 0 Å². The summed E-state index contributed by atoms with van der Waals surface area (Å²) in [5.74, 6) is -1.26. The van der Waals surface area contributed by atoms with Gasteiger partial charge in [-0.1, -0.05) is 43.9 Å². The van der Waals surface area contributed by atoms with Crippen molar-refractivity contribution in [3.8, 4) is 5.75 Å². The highest BCUT2D eigenvalue weighted by Crippen LogP contribution is 2.47. The van der Waals surface area contributed by atoms with E-state index in [4.69, 9.17) is 9.84 Å². The van der Waals surface area contributed by atoms with Gasteiger partial charge in [0.05, 0.1) is 18.6 Å². The van der Waals surface area contributed by atoms with E-state index in [2.05, 4.69) is 5.32 Å². The van der Waals surface area contributed by atoms with Crippen molar-refractivity contribution in [2.24, 2.45) is 5.92 Å². The molecule has 1 aliphatic heterocycles. The van der Waals surface area contributed by atoms with Gasteiger partial charge in [-0.2, -0.15) is 13.2 Å². The predicted molar refractivity (Wildman–Crippen MR) is 121 cm³/mol. The van der Waals surface area contributed by atoms with Crippen LogP contribution in [0.2, 0.25) is 0 Å². The van der Waals surface area contributed by atoms with Crippen LogP contribution in [0.3, 0.4) is 0 Å². The van der Waals surface area contributed by atoms with E-state index in [1.165, 1.54) is 6.08 Å². The minimum Gasteiger partial charge on any atom is -0.486 e. The van der Waals surface area contributed by atoms with Gasteiger partial charge in [0, 0.05) is 24.1 Å². The van der Waals surface area contributed by atoms with Gasteiger partial charge >= 0.3 is 6.18 Å². The van der Waals surface area contributed by atoms with Crippen LogP contribution >= 0.6 is 0 Å². The number of carbonyl (C=O) groups is 2. The Balaban J connectivity index is 1.67. The number of nitrogens with zero attached hydrogens (tertiary/aromatic N) is 1. The summed E-state index contributed by atoms with van der Waals surface area (Å²) in [6.07, 6.45) is -1.44. The van der Waals surface area contributed by atoms with Crippen LogP contribution in [0, 0.1) is 5.92 Å². The predicted octanol–water partition coefficient (Wildman–Crippen LogP) is 2.67. The number of ether oxygens (including phenoxy) is 1. The van der Waals surface area contributed by atoms with E-state index in [1.54, 1.807) is 24.3 Å². The largest absolute Gasteiger partial charge is 0.486 e. The Morgan fingerprint density at radius 1 is 1.17 bits per heavy atom. The number of para-hydroxylation sites is 1. The second kappa shape index (κ2) is 10.6. The normalized spacial score (nSPS) is 25.9. The molecule has 192 valence electrons. The van der Waals surface area contributed by atoms with Gasteiger partial charge in [0.2, 0.25) is 11.8 Å². The fourth-order valence-corrected chi connectivity index (χ4v) is 5.51. The molecule has 1 aromatic rings. The molecule has 7 nitrogen and oxygen atoms in total. The highest BCUT2D eigenvalue weighted by atomic mass is 19.4. The number of hydrogen-bond acceptors (Lipinski definition) is 5. The molecule has 3 aliphatic rings. The summed E-state index contributed by atoms with van der Waals surface area (Å²) in [6.45, 7) is -1.90. The van der Waals surface area contributed by atoms with Gasteiger partial charge in [-0.05, 0) is 24.5 Å². The topological polar surface area (TPSA) is 99.1 Å². The van der Waals surface area contributed by atoms with Crippen LogP contribution in [0.4, 0.5) is 13.2 Å². The third-order valence-corrected chi connectivity index (χ3v) is 7.15. The molecule has 0 saturated heterocycles. The van der Waals surface area contributed by atoms with E-state index in [9.17, 15) is 27.9 Å². The van der Waals surface area contributed by atoms with Crippen molar-refractivity contribution in [2.75, 3.05) is 19.7 Å². The van der Waals surface area contributed by atoms with Crippen LogP contribution in [-0.2, 0) is 9.59 Å². The Labute approximate surface area is 201 Å². The highest BCUT2D eigenvalue weighted by Gasteiger charge is 2.51. The third kappa shape index (κ3) is 5.64. The van der Waals surface area contributed by atoms with Gasteiger partial charge in [-0.3, -0.25) is 9.59 Å². The quantitative estimate of drug-likeness (QED) is 0.514. The number of aliphatic hydroxyl groups is 2. The first-order chi connectivity index (χ1) is 16.7. The first kappa shape index (κ1) is 25.5. The highest BCUT2D eigenvalue weighted by molar-refractivity contribution is 5.96. The lowest BCUT2D eigenvalue weighted by molar-refractivity contribution is -0.170. The minimum absolute atomic E-state index is 0.0458. The number of fused-ring (bicyclic) bond motifs is 3. The Hall–Kier alpha value is -2.59. The zero-order valence-corrected chi connectivity index (χ0v) is 19.3. The van der Waals surface area contributed by atoms with Gasteiger partial charge in [-0.25, -0.2) is 0 Å². The molecule has 0 unspecified atom stereocenters. The molecular weight excluding hydrogens is 465 g/mol. The van der Waals surface area contributed by atoms with Crippen molar-refractivity contribution < 1.29 is 37.7 Å². The molecule has 0 bridgehead atoms. The molecule has 4 rings (SSSR count). The summed E-state index contributed by atoms with van der Waals surface area (Å²) < 4.78 is 46.6. The number of halogens is 3. The maximum atomic E-state index is 13.6. The van der Waals surface area contributed by atoms with Crippen LogP contribution in [0.5, 0.6) is 5.75 Å². The van der Waals surface area contributed by atoms with E-state index in [1.807, 2.05) is 0 Å². The molecule has 1 heterocycles. The van der Waals surface area contributed by atoms with Crippen molar-refractivity contribution in [3.05, 3.63) is 41.5 Å². The lowest BCUT2D eigenvalue weighted by Gasteiger charge is -2.41. The Bertz CT molecular complexity index is 961. The van der Waals surface area contributed by atoms with Gasteiger partial charge < -0.3 is 25.2 Å². The van der Waals surface area contributed by atoms with Crippen LogP contribution in [0.15, 0.2) is 35.9 Å².